The van der Waals surface area contributed by atoms with Crippen molar-refractivity contribution in [2.75, 3.05) is 17.7 Å². The van der Waals surface area contributed by atoms with E-state index in [-0.39, 0.29) is 27.8 Å². The lowest BCUT2D eigenvalue weighted by Crippen LogP contribution is -2.20. The molecule has 122 valence electrons. The number of hydrogen-bond donors (Lipinski definition) is 2. The number of nitrogen functional groups attached to an aromatic ring is 1. The van der Waals surface area contributed by atoms with Gasteiger partial charge in [0, 0.05) is 22.8 Å². The number of anilines is 2. The molecule has 0 aliphatic rings. The van der Waals surface area contributed by atoms with E-state index in [9.17, 15) is 18.0 Å². The van der Waals surface area contributed by atoms with E-state index in [1.165, 1.54) is 36.5 Å². The van der Waals surface area contributed by atoms with Crippen LogP contribution in [0.5, 0.6) is 5.75 Å². The fourth-order valence-electron chi connectivity index (χ4n) is 1.66. The minimum Gasteiger partial charge on any atom is -0.482 e. The fourth-order valence-corrected chi connectivity index (χ4v) is 1.82. The van der Waals surface area contributed by atoms with Crippen molar-refractivity contribution < 1.29 is 22.7 Å². The number of halogens is 4. The van der Waals surface area contributed by atoms with Crippen molar-refractivity contribution in [2.45, 2.75) is 6.18 Å². The van der Waals surface area contributed by atoms with Gasteiger partial charge in [0.2, 0.25) is 0 Å². The van der Waals surface area contributed by atoms with Gasteiger partial charge in [0.15, 0.2) is 6.61 Å². The van der Waals surface area contributed by atoms with E-state index in [0.29, 0.717) is 0 Å². The van der Waals surface area contributed by atoms with Crippen molar-refractivity contribution in [1.82, 2.24) is 4.98 Å². The average Bonchev–Trinajstić information content (AvgIpc) is 2.46. The molecule has 2 aromatic rings. The Kier molecular flexibility index (Phi) is 4.95. The van der Waals surface area contributed by atoms with Crippen LogP contribution in [0.2, 0.25) is 5.02 Å². The number of ether oxygens (including phenoxy) is 1. The molecule has 1 aromatic carbocycles. The zero-order valence-electron chi connectivity index (χ0n) is 11.5. The number of nitrogens with zero attached hydrogens (tertiary/aromatic N) is 1. The number of amides is 1. The molecule has 0 atom stereocenters. The third-order valence-electron chi connectivity index (χ3n) is 2.63. The highest BCUT2D eigenvalue weighted by Crippen LogP contribution is 2.30. The Bertz CT molecular complexity index is 723. The van der Waals surface area contributed by atoms with Gasteiger partial charge in [-0.3, -0.25) is 4.79 Å². The summed E-state index contributed by atoms with van der Waals surface area (Å²) in [5, 5.41) is 2.62. The van der Waals surface area contributed by atoms with E-state index < -0.39 is 18.7 Å². The van der Waals surface area contributed by atoms with Gasteiger partial charge >= 0.3 is 6.18 Å². The molecule has 0 aliphatic heterocycles. The van der Waals surface area contributed by atoms with Crippen LogP contribution in [0.25, 0.3) is 0 Å². The lowest BCUT2D eigenvalue weighted by Gasteiger charge is -2.14. The number of alkyl halides is 3. The number of nitrogens with two attached hydrogens (primary N) is 1. The van der Waals surface area contributed by atoms with Crippen molar-refractivity contribution in [1.29, 1.82) is 0 Å². The number of rotatable bonds is 4. The van der Waals surface area contributed by atoms with Crippen LogP contribution in [-0.4, -0.2) is 23.7 Å². The van der Waals surface area contributed by atoms with Gasteiger partial charge in [0.25, 0.3) is 5.91 Å². The Morgan fingerprint density at radius 2 is 2.04 bits per heavy atom. The van der Waals surface area contributed by atoms with Crippen LogP contribution in [0.1, 0.15) is 10.4 Å². The van der Waals surface area contributed by atoms with Crippen LogP contribution < -0.4 is 15.8 Å². The minimum atomic E-state index is -4.51. The molecule has 0 unspecified atom stereocenters. The van der Waals surface area contributed by atoms with E-state index in [1.54, 1.807) is 0 Å². The van der Waals surface area contributed by atoms with Gasteiger partial charge in [-0.05, 0) is 24.3 Å². The molecule has 9 heteroatoms. The van der Waals surface area contributed by atoms with Gasteiger partial charge in [0.05, 0.1) is 5.69 Å². The van der Waals surface area contributed by atoms with Gasteiger partial charge in [-0.1, -0.05) is 11.6 Å². The van der Waals surface area contributed by atoms with Crippen LogP contribution >= 0.6 is 11.6 Å². The van der Waals surface area contributed by atoms with Gasteiger partial charge < -0.3 is 15.8 Å². The zero-order valence-corrected chi connectivity index (χ0v) is 12.3. The molecule has 0 fully saturated rings. The van der Waals surface area contributed by atoms with Crippen molar-refractivity contribution >= 4 is 29.0 Å². The highest BCUT2D eigenvalue weighted by atomic mass is 35.5. The molecular formula is C14H11ClF3N3O2. The number of pyridine rings is 1. The highest BCUT2D eigenvalue weighted by Gasteiger charge is 2.29. The van der Waals surface area contributed by atoms with Gasteiger partial charge in [0.1, 0.15) is 11.6 Å². The van der Waals surface area contributed by atoms with Crippen molar-refractivity contribution in [2.24, 2.45) is 0 Å². The number of carbonyl (C=O) groups is 1. The molecule has 0 aliphatic carbocycles. The minimum absolute atomic E-state index is 0.0547. The summed E-state index contributed by atoms with van der Waals surface area (Å²) in [6.45, 7) is -1.50. The second kappa shape index (κ2) is 6.74. The normalized spacial score (nSPS) is 11.1. The van der Waals surface area contributed by atoms with Gasteiger partial charge in [-0.15, -0.1) is 0 Å². The molecule has 3 N–H and O–H groups in total. The zero-order chi connectivity index (χ0) is 17.0. The second-order valence-electron chi connectivity index (χ2n) is 4.47. The standard InChI is InChI=1S/C14H11ClF3N3O2/c15-9-1-2-10(11(6-9)23-7-14(16,17)18)21-13(22)8-3-4-20-12(19)5-8/h1-6H,7H2,(H2,19,20)(H,21,22). The van der Waals surface area contributed by atoms with Crippen LogP contribution in [-0.2, 0) is 0 Å². The first kappa shape index (κ1) is 16.9. The van der Waals surface area contributed by atoms with Gasteiger partial charge in [-0.2, -0.15) is 13.2 Å². The lowest BCUT2D eigenvalue weighted by atomic mass is 10.2. The number of benzene rings is 1. The summed E-state index contributed by atoms with van der Waals surface area (Å²) in [7, 11) is 0. The second-order valence-corrected chi connectivity index (χ2v) is 4.90. The van der Waals surface area contributed by atoms with Crippen molar-refractivity contribution in [3.05, 3.63) is 47.1 Å². The molecule has 0 saturated carbocycles. The monoisotopic (exact) mass is 345 g/mol. The quantitative estimate of drug-likeness (QED) is 0.889. The largest absolute Gasteiger partial charge is 0.482 e. The van der Waals surface area contributed by atoms with E-state index in [2.05, 4.69) is 15.0 Å². The third-order valence-corrected chi connectivity index (χ3v) is 2.86. The predicted octanol–water partition coefficient (Wildman–Crippen LogP) is 3.51. The van der Waals surface area contributed by atoms with Crippen LogP contribution in [0.4, 0.5) is 24.7 Å². The van der Waals surface area contributed by atoms with E-state index in [1.807, 2.05) is 0 Å². The SMILES string of the molecule is Nc1cc(C(=O)Nc2ccc(Cl)cc2OCC(F)(F)F)ccn1. The van der Waals surface area contributed by atoms with E-state index in [0.717, 1.165) is 0 Å². The Hall–Kier alpha value is -2.48. The highest BCUT2D eigenvalue weighted by molar-refractivity contribution is 6.30. The van der Waals surface area contributed by atoms with Crippen molar-refractivity contribution in [3.8, 4) is 5.75 Å². The topological polar surface area (TPSA) is 77.2 Å². The first-order valence-electron chi connectivity index (χ1n) is 6.26. The van der Waals surface area contributed by atoms with Crippen LogP contribution in [0, 0.1) is 0 Å². The molecule has 1 aromatic heterocycles. The smallest absolute Gasteiger partial charge is 0.422 e. The Balaban J connectivity index is 2.20. The van der Waals surface area contributed by atoms with Crippen LogP contribution in [0.3, 0.4) is 0 Å². The maximum Gasteiger partial charge on any atom is 0.422 e. The summed E-state index contributed by atoms with van der Waals surface area (Å²) in [6.07, 6.45) is -3.17. The molecule has 0 saturated heterocycles. The lowest BCUT2D eigenvalue weighted by molar-refractivity contribution is -0.153. The number of hydrogen-bond acceptors (Lipinski definition) is 4. The molecule has 0 spiro atoms. The van der Waals surface area contributed by atoms with Gasteiger partial charge in [-0.25, -0.2) is 4.98 Å². The number of aromatic nitrogens is 1. The summed E-state index contributed by atoms with van der Waals surface area (Å²) < 4.78 is 41.5. The number of carbonyl (C=O) groups excluding carboxylic acids is 1. The fraction of sp³-hybridized carbons (Fsp3) is 0.143. The first-order chi connectivity index (χ1) is 10.7. The van der Waals surface area contributed by atoms with E-state index in [4.69, 9.17) is 17.3 Å². The molecule has 23 heavy (non-hydrogen) atoms. The molecule has 5 nitrogen and oxygen atoms in total. The maximum atomic E-state index is 12.3. The summed E-state index contributed by atoms with van der Waals surface area (Å²) in [5.41, 5.74) is 5.73. The Labute approximate surface area is 134 Å². The molecule has 0 radical (unpaired) electrons. The molecule has 2 rings (SSSR count). The summed E-state index contributed by atoms with van der Waals surface area (Å²) in [4.78, 5) is 15.8. The van der Waals surface area contributed by atoms with Crippen LogP contribution in [0.15, 0.2) is 36.5 Å². The first-order valence-corrected chi connectivity index (χ1v) is 6.64. The average molecular weight is 346 g/mol. The third kappa shape index (κ3) is 5.03. The number of nitrogens with one attached hydrogen (secondary N) is 1. The Morgan fingerprint density at radius 3 is 2.70 bits per heavy atom. The van der Waals surface area contributed by atoms with E-state index >= 15 is 0 Å². The Morgan fingerprint density at radius 1 is 1.30 bits per heavy atom. The van der Waals surface area contributed by atoms with Crippen molar-refractivity contribution in [3.63, 3.8) is 0 Å². The molecule has 0 bridgehead atoms. The summed E-state index contributed by atoms with van der Waals surface area (Å²) in [5.74, 6) is -0.620. The molecule has 1 heterocycles. The molecule has 1 amide bonds. The summed E-state index contributed by atoms with van der Waals surface area (Å²) >= 11 is 5.74. The predicted molar refractivity (Wildman–Crippen MR) is 79.6 cm³/mol. The maximum absolute atomic E-state index is 12.3. The molecular weight excluding hydrogens is 335 g/mol. The summed E-state index contributed by atoms with van der Waals surface area (Å²) in [6, 6.07) is 6.69.